The van der Waals surface area contributed by atoms with E-state index in [-0.39, 0.29) is 0 Å². The van der Waals surface area contributed by atoms with E-state index in [9.17, 15) is 0 Å². The van der Waals surface area contributed by atoms with Crippen molar-refractivity contribution in [3.8, 4) is 0 Å². The van der Waals surface area contributed by atoms with E-state index in [0.717, 1.165) is 0 Å². The molecule has 70 valence electrons. The zero-order valence-electron chi connectivity index (χ0n) is 8.46. The van der Waals surface area contributed by atoms with Gasteiger partial charge in [0.1, 0.15) is 7.05 Å². The van der Waals surface area contributed by atoms with Crippen LogP contribution in [0, 0.1) is 0 Å². The summed E-state index contributed by atoms with van der Waals surface area (Å²) in [4.78, 5) is 0. The number of benzene rings is 1. The molecule has 2 aromatic rings. The molecule has 0 amide bonds. The maximum Gasteiger partial charge on any atom is 0.176 e. The number of nitrogens with zero attached hydrogens (tertiary/aromatic N) is 1. The first-order chi connectivity index (χ1) is 6.84. The van der Waals surface area contributed by atoms with Crippen LogP contribution in [0.3, 0.4) is 0 Å². The quantitative estimate of drug-likeness (QED) is 0.552. The molecule has 1 aromatic heterocycles. The lowest BCUT2D eigenvalue weighted by molar-refractivity contribution is -0.670. The Hall–Kier alpha value is -1.37. The van der Waals surface area contributed by atoms with Crippen LogP contribution < -0.4 is 4.57 Å². The third kappa shape index (κ3) is 1.05. The first kappa shape index (κ1) is 7.98. The van der Waals surface area contributed by atoms with Crippen molar-refractivity contribution in [3.05, 3.63) is 41.7 Å². The number of aryl methyl sites for hydroxylation is 3. The summed E-state index contributed by atoms with van der Waals surface area (Å²) in [6.07, 6.45) is 8.27. The maximum atomic E-state index is 2.27. The van der Waals surface area contributed by atoms with Gasteiger partial charge in [0.25, 0.3) is 0 Å². The second kappa shape index (κ2) is 2.81. The molecule has 1 heterocycles. The zero-order valence-corrected chi connectivity index (χ0v) is 8.46. The van der Waals surface area contributed by atoms with Gasteiger partial charge >= 0.3 is 0 Å². The van der Waals surface area contributed by atoms with E-state index in [1.807, 2.05) is 0 Å². The standard InChI is InChI=1S/C13H14N/c1-14-8-11-6-2-4-10-5-3-7-12(9-14)13(10)11/h2,4,6,8-9H,3,5,7H2,1H3/q+1. The van der Waals surface area contributed by atoms with Crippen molar-refractivity contribution in [2.45, 2.75) is 19.3 Å². The minimum Gasteiger partial charge on any atom is -0.207 e. The molecule has 0 radical (unpaired) electrons. The fourth-order valence-corrected chi connectivity index (χ4v) is 2.55. The lowest BCUT2D eigenvalue weighted by Crippen LogP contribution is -2.28. The van der Waals surface area contributed by atoms with Crippen molar-refractivity contribution >= 4 is 10.8 Å². The second-order valence-corrected chi connectivity index (χ2v) is 4.18. The molecule has 0 unspecified atom stereocenters. The number of hydrogen-bond donors (Lipinski definition) is 0. The molecular formula is C13H14N+. The number of hydrogen-bond acceptors (Lipinski definition) is 0. The van der Waals surface area contributed by atoms with Gasteiger partial charge in [-0.1, -0.05) is 12.1 Å². The molecule has 1 aromatic carbocycles. The number of rotatable bonds is 0. The molecule has 0 saturated carbocycles. The highest BCUT2D eigenvalue weighted by Gasteiger charge is 2.15. The molecule has 1 heteroatoms. The first-order valence-electron chi connectivity index (χ1n) is 5.24. The van der Waals surface area contributed by atoms with Crippen LogP contribution in [0.25, 0.3) is 10.8 Å². The first-order valence-corrected chi connectivity index (χ1v) is 5.24. The van der Waals surface area contributed by atoms with Gasteiger partial charge in [0, 0.05) is 10.9 Å². The predicted molar refractivity (Wildman–Crippen MR) is 57.1 cm³/mol. The third-order valence-corrected chi connectivity index (χ3v) is 3.10. The van der Waals surface area contributed by atoms with Gasteiger partial charge in [-0.3, -0.25) is 0 Å². The Bertz CT molecular complexity index is 500. The van der Waals surface area contributed by atoms with E-state index in [1.165, 1.54) is 41.2 Å². The molecular weight excluding hydrogens is 170 g/mol. The van der Waals surface area contributed by atoms with Crippen LogP contribution in [-0.4, -0.2) is 0 Å². The highest BCUT2D eigenvalue weighted by Crippen LogP contribution is 2.27. The topological polar surface area (TPSA) is 3.88 Å². The maximum absolute atomic E-state index is 2.27. The van der Waals surface area contributed by atoms with Gasteiger partial charge in [0.05, 0.1) is 0 Å². The average Bonchev–Trinajstić information content (AvgIpc) is 2.18. The molecule has 1 nitrogen and oxygen atoms in total. The van der Waals surface area contributed by atoms with Gasteiger partial charge in [0.15, 0.2) is 12.4 Å². The zero-order chi connectivity index (χ0) is 9.54. The van der Waals surface area contributed by atoms with Crippen LogP contribution in [0.1, 0.15) is 17.5 Å². The van der Waals surface area contributed by atoms with Gasteiger partial charge < -0.3 is 0 Å². The summed E-state index contributed by atoms with van der Waals surface area (Å²) in [6, 6.07) is 6.66. The van der Waals surface area contributed by atoms with E-state index in [2.05, 4.69) is 42.2 Å². The summed E-state index contributed by atoms with van der Waals surface area (Å²) >= 11 is 0. The smallest absolute Gasteiger partial charge is 0.176 e. The molecule has 14 heavy (non-hydrogen) atoms. The van der Waals surface area contributed by atoms with E-state index in [1.54, 1.807) is 0 Å². The van der Waals surface area contributed by atoms with Crippen LogP contribution in [0.15, 0.2) is 30.6 Å². The van der Waals surface area contributed by atoms with Gasteiger partial charge in [-0.05, 0) is 36.3 Å². The minimum atomic E-state index is 1.24. The fourth-order valence-electron chi connectivity index (χ4n) is 2.55. The summed E-state index contributed by atoms with van der Waals surface area (Å²) in [5.41, 5.74) is 3.05. The monoisotopic (exact) mass is 184 g/mol. The lowest BCUT2D eigenvalue weighted by atomic mass is 9.90. The van der Waals surface area contributed by atoms with E-state index in [4.69, 9.17) is 0 Å². The minimum absolute atomic E-state index is 1.24. The molecule has 0 bridgehead atoms. The van der Waals surface area contributed by atoms with Gasteiger partial charge in [0.2, 0.25) is 0 Å². The van der Waals surface area contributed by atoms with Gasteiger partial charge in [-0.2, -0.15) is 0 Å². The Morgan fingerprint density at radius 1 is 1.07 bits per heavy atom. The molecule has 0 atom stereocenters. The van der Waals surface area contributed by atoms with Crippen molar-refractivity contribution in [1.29, 1.82) is 0 Å². The van der Waals surface area contributed by atoms with Gasteiger partial charge in [-0.15, -0.1) is 0 Å². The van der Waals surface area contributed by atoms with Crippen molar-refractivity contribution < 1.29 is 4.57 Å². The lowest BCUT2D eigenvalue weighted by Gasteiger charge is -2.14. The normalized spacial score (nSPS) is 14.6. The average molecular weight is 184 g/mol. The summed E-state index contributed by atoms with van der Waals surface area (Å²) < 4.78 is 2.17. The van der Waals surface area contributed by atoms with Crippen molar-refractivity contribution in [3.63, 3.8) is 0 Å². The molecule has 3 rings (SSSR count). The Morgan fingerprint density at radius 3 is 2.86 bits per heavy atom. The number of aromatic nitrogens is 1. The molecule has 0 spiro atoms. The summed E-state index contributed by atoms with van der Waals surface area (Å²) in [5.74, 6) is 0. The summed E-state index contributed by atoms with van der Waals surface area (Å²) in [7, 11) is 2.11. The Morgan fingerprint density at radius 2 is 1.93 bits per heavy atom. The second-order valence-electron chi connectivity index (χ2n) is 4.18. The highest BCUT2D eigenvalue weighted by molar-refractivity contribution is 5.88. The predicted octanol–water partition coefficient (Wildman–Crippen LogP) is 2.15. The third-order valence-electron chi connectivity index (χ3n) is 3.10. The molecule has 0 saturated heterocycles. The van der Waals surface area contributed by atoms with E-state index >= 15 is 0 Å². The van der Waals surface area contributed by atoms with Crippen LogP contribution in [0.4, 0.5) is 0 Å². The van der Waals surface area contributed by atoms with Crippen LogP contribution in [0.2, 0.25) is 0 Å². The number of pyridine rings is 1. The summed E-state index contributed by atoms with van der Waals surface area (Å²) in [5, 5.41) is 2.90. The Kier molecular flexibility index (Phi) is 1.60. The molecule has 0 N–H and O–H groups in total. The van der Waals surface area contributed by atoms with E-state index < -0.39 is 0 Å². The van der Waals surface area contributed by atoms with Crippen molar-refractivity contribution in [2.75, 3.05) is 0 Å². The summed E-state index contributed by atoms with van der Waals surface area (Å²) in [6.45, 7) is 0. The molecule has 1 aliphatic rings. The largest absolute Gasteiger partial charge is 0.207 e. The highest BCUT2D eigenvalue weighted by atomic mass is 14.9. The van der Waals surface area contributed by atoms with Crippen LogP contribution >= 0.6 is 0 Å². The molecule has 0 fully saturated rings. The van der Waals surface area contributed by atoms with Crippen molar-refractivity contribution in [2.24, 2.45) is 7.05 Å². The van der Waals surface area contributed by atoms with Crippen molar-refractivity contribution in [1.82, 2.24) is 0 Å². The SMILES string of the molecule is C[n+]1cc2c3c(cccc3c1)CCC2. The van der Waals surface area contributed by atoms with Crippen LogP contribution in [-0.2, 0) is 19.9 Å². The molecule has 0 aliphatic heterocycles. The molecule has 1 aliphatic carbocycles. The Labute approximate surface area is 84.0 Å². The van der Waals surface area contributed by atoms with Gasteiger partial charge in [-0.25, -0.2) is 4.57 Å². The van der Waals surface area contributed by atoms with E-state index in [0.29, 0.717) is 0 Å². The fraction of sp³-hybridized carbons (Fsp3) is 0.308. The Balaban J connectivity index is 2.48. The van der Waals surface area contributed by atoms with Crippen LogP contribution in [0.5, 0.6) is 0 Å².